The summed E-state index contributed by atoms with van der Waals surface area (Å²) in [7, 11) is -9.10. The Kier molecular flexibility index (Phi) is 5.97. The number of aromatic carboxylic acids is 1. The molecular formula is C20H14N4O10S2. The van der Waals surface area contributed by atoms with Crippen molar-refractivity contribution in [2.24, 2.45) is 10.2 Å². The number of nitrogens with one attached hydrogen (secondary N) is 1. The van der Waals surface area contributed by atoms with Gasteiger partial charge in [0.05, 0.1) is 21.2 Å². The van der Waals surface area contributed by atoms with Crippen molar-refractivity contribution in [3.05, 3.63) is 70.6 Å². The van der Waals surface area contributed by atoms with Gasteiger partial charge in [-0.05, 0) is 53.9 Å². The van der Waals surface area contributed by atoms with Gasteiger partial charge in [-0.25, -0.2) is 9.48 Å². The predicted octanol–water partition coefficient (Wildman–Crippen LogP) is 2.63. The predicted molar refractivity (Wildman–Crippen MR) is 123 cm³/mol. The van der Waals surface area contributed by atoms with E-state index in [9.17, 15) is 41.2 Å². The van der Waals surface area contributed by atoms with Crippen molar-refractivity contribution >= 4 is 48.4 Å². The second kappa shape index (κ2) is 8.68. The van der Waals surface area contributed by atoms with E-state index in [0.29, 0.717) is 0 Å². The summed E-state index contributed by atoms with van der Waals surface area (Å²) in [6.07, 6.45) is 0. The highest BCUT2D eigenvalue weighted by Crippen LogP contribution is 2.32. The number of hydrogen-bond donors (Lipinski definition) is 5. The van der Waals surface area contributed by atoms with Crippen LogP contribution in [0.15, 0.2) is 79.4 Å². The summed E-state index contributed by atoms with van der Waals surface area (Å²) in [6, 6.07) is 10.3. The van der Waals surface area contributed by atoms with Crippen molar-refractivity contribution in [1.82, 2.24) is 9.78 Å². The smallest absolute Gasteiger partial charge is 0.356 e. The first-order valence-corrected chi connectivity index (χ1v) is 12.5. The van der Waals surface area contributed by atoms with E-state index in [1.54, 1.807) is 0 Å². The number of H-pyrrole nitrogens is 1. The third-order valence-corrected chi connectivity index (χ3v) is 6.62. The number of carboxylic acid groups (broad SMARTS) is 1. The fourth-order valence-corrected chi connectivity index (χ4v) is 4.26. The molecule has 0 atom stereocenters. The molecule has 0 aliphatic heterocycles. The number of benzene rings is 3. The number of hydrogen-bond acceptors (Lipinski definition) is 9. The molecule has 14 nitrogen and oxygen atoms in total. The van der Waals surface area contributed by atoms with Crippen molar-refractivity contribution in [3.63, 3.8) is 0 Å². The maximum Gasteiger partial charge on any atom is 0.356 e. The molecule has 0 aliphatic rings. The molecule has 36 heavy (non-hydrogen) atoms. The van der Waals surface area contributed by atoms with Gasteiger partial charge in [-0.3, -0.25) is 19.0 Å². The Hall–Kier alpha value is -4.38. The number of azo groups is 1. The first-order chi connectivity index (χ1) is 16.8. The van der Waals surface area contributed by atoms with Crippen LogP contribution in [-0.4, -0.2) is 51.9 Å². The molecule has 186 valence electrons. The van der Waals surface area contributed by atoms with Crippen LogP contribution in [0.1, 0.15) is 10.5 Å². The minimum atomic E-state index is -4.62. The fraction of sp³-hybridized carbons (Fsp3) is 0. The van der Waals surface area contributed by atoms with Crippen LogP contribution in [-0.2, 0) is 20.2 Å². The van der Waals surface area contributed by atoms with Crippen LogP contribution < -0.4 is 5.56 Å². The lowest BCUT2D eigenvalue weighted by molar-refractivity contribution is 0.0690. The zero-order chi connectivity index (χ0) is 26.4. The van der Waals surface area contributed by atoms with Gasteiger partial charge in [0.2, 0.25) is 0 Å². The number of rotatable bonds is 6. The monoisotopic (exact) mass is 534 g/mol. The van der Waals surface area contributed by atoms with Crippen LogP contribution in [0.4, 0.5) is 11.4 Å². The maximum atomic E-state index is 12.8. The third-order valence-electron chi connectivity index (χ3n) is 4.92. The first-order valence-electron chi connectivity index (χ1n) is 9.58. The number of aromatic amines is 1. The molecule has 0 fully saturated rings. The number of phenols is 1. The molecule has 0 spiro atoms. The fourth-order valence-electron chi connectivity index (χ4n) is 3.25. The molecule has 16 heteroatoms. The number of nitrogens with zero attached hydrogens (tertiary/aromatic N) is 3. The zero-order valence-electron chi connectivity index (χ0n) is 17.6. The van der Waals surface area contributed by atoms with Gasteiger partial charge in [-0.15, -0.1) is 5.11 Å². The molecule has 0 radical (unpaired) electrons. The van der Waals surface area contributed by atoms with Gasteiger partial charge in [0.15, 0.2) is 11.4 Å². The first kappa shape index (κ1) is 24.7. The van der Waals surface area contributed by atoms with Crippen LogP contribution in [0.3, 0.4) is 0 Å². The summed E-state index contributed by atoms with van der Waals surface area (Å²) >= 11 is 0. The molecule has 0 unspecified atom stereocenters. The number of carbonyl (C=O) groups is 1. The molecular weight excluding hydrogens is 520 g/mol. The molecule has 1 heterocycles. The minimum Gasteiger partial charge on any atom is -0.507 e. The molecule has 4 rings (SSSR count). The number of carboxylic acids is 1. The minimum absolute atomic E-state index is 0.0373. The lowest BCUT2D eigenvalue weighted by atomic mass is 10.1. The van der Waals surface area contributed by atoms with E-state index in [0.717, 1.165) is 41.1 Å². The second-order valence-electron chi connectivity index (χ2n) is 7.27. The number of aromatic hydroxyl groups is 1. The van der Waals surface area contributed by atoms with E-state index in [4.69, 9.17) is 4.55 Å². The van der Waals surface area contributed by atoms with Gasteiger partial charge >= 0.3 is 5.97 Å². The van der Waals surface area contributed by atoms with E-state index in [1.165, 1.54) is 18.2 Å². The number of phenolic OH excluding ortho intramolecular Hbond substituents is 1. The van der Waals surface area contributed by atoms with Gasteiger partial charge in [0.25, 0.3) is 25.8 Å². The zero-order valence-corrected chi connectivity index (χ0v) is 19.2. The van der Waals surface area contributed by atoms with Crippen LogP contribution in [0.2, 0.25) is 0 Å². The van der Waals surface area contributed by atoms with Crippen molar-refractivity contribution < 1.29 is 40.9 Å². The molecule has 5 N–H and O–H groups in total. The normalized spacial score (nSPS) is 12.4. The Morgan fingerprint density at radius 2 is 1.50 bits per heavy atom. The van der Waals surface area contributed by atoms with Crippen molar-refractivity contribution in [1.29, 1.82) is 0 Å². The van der Waals surface area contributed by atoms with E-state index < -0.39 is 58.7 Å². The van der Waals surface area contributed by atoms with Gasteiger partial charge in [-0.2, -0.15) is 21.9 Å². The van der Waals surface area contributed by atoms with Crippen molar-refractivity contribution in [3.8, 4) is 11.4 Å². The summed E-state index contributed by atoms with van der Waals surface area (Å²) in [6.45, 7) is 0. The number of aromatic nitrogens is 2. The Bertz CT molecular complexity index is 1840. The van der Waals surface area contributed by atoms with E-state index >= 15 is 0 Å². The van der Waals surface area contributed by atoms with Gasteiger partial charge in [0, 0.05) is 11.5 Å². The maximum absolute atomic E-state index is 12.8. The van der Waals surface area contributed by atoms with Gasteiger partial charge < -0.3 is 10.2 Å². The van der Waals surface area contributed by atoms with E-state index in [1.807, 2.05) is 0 Å². The molecule has 0 amide bonds. The molecule has 0 bridgehead atoms. The average molecular weight is 534 g/mol. The second-order valence-corrected chi connectivity index (χ2v) is 10.1. The molecule has 3 aromatic carbocycles. The van der Waals surface area contributed by atoms with Crippen molar-refractivity contribution in [2.75, 3.05) is 0 Å². The standard InChI is InChI=1S/C20H14N4O10S2/c25-16-9-14(36(32,33)34)8-10-7-11(1-6-15(10)16)21-22-17-18(20(27)28)23-24(19(17)26)12-2-4-13(5-3-12)35(29,30)31/h1-9,23,25H,(H,27,28)(H,29,30,31)(H,32,33,34). The Labute approximate surface area is 201 Å². The Morgan fingerprint density at radius 3 is 2.08 bits per heavy atom. The van der Waals surface area contributed by atoms with Crippen molar-refractivity contribution in [2.45, 2.75) is 9.79 Å². The topological polar surface area (TPSA) is 229 Å². The highest BCUT2D eigenvalue weighted by atomic mass is 32.2. The van der Waals surface area contributed by atoms with Crippen LogP contribution in [0, 0.1) is 0 Å². The SMILES string of the molecule is O=C(O)c1[nH]n(-c2ccc(S(=O)(=O)O)cc2)c(=O)c1N=Nc1ccc2c(O)cc(S(=O)(=O)O)cc2c1. The number of fused-ring (bicyclic) bond motifs is 1. The summed E-state index contributed by atoms with van der Waals surface area (Å²) in [4.78, 5) is 23.5. The van der Waals surface area contributed by atoms with Crippen LogP contribution in [0.5, 0.6) is 5.75 Å². The quantitative estimate of drug-likeness (QED) is 0.179. The van der Waals surface area contributed by atoms with Gasteiger partial charge in [0.1, 0.15) is 5.75 Å². The largest absolute Gasteiger partial charge is 0.507 e. The molecule has 0 saturated carbocycles. The summed E-state index contributed by atoms with van der Waals surface area (Å²) in [5.74, 6) is -1.97. The van der Waals surface area contributed by atoms with E-state index in [2.05, 4.69) is 15.3 Å². The van der Waals surface area contributed by atoms with Crippen LogP contribution in [0.25, 0.3) is 16.5 Å². The Morgan fingerprint density at radius 1 is 0.861 bits per heavy atom. The van der Waals surface area contributed by atoms with Gasteiger partial charge in [-0.1, -0.05) is 0 Å². The molecule has 1 aromatic heterocycles. The summed E-state index contributed by atoms with van der Waals surface area (Å²) in [5, 5.41) is 29.8. The average Bonchev–Trinajstić information content (AvgIpc) is 3.12. The molecule has 4 aromatic rings. The molecule has 0 saturated heterocycles. The summed E-state index contributed by atoms with van der Waals surface area (Å²) in [5.41, 5.74) is -2.08. The van der Waals surface area contributed by atoms with Crippen LogP contribution >= 0.6 is 0 Å². The summed E-state index contributed by atoms with van der Waals surface area (Å²) < 4.78 is 64.3. The lowest BCUT2D eigenvalue weighted by Gasteiger charge is -2.05. The Balaban J connectivity index is 1.77. The lowest BCUT2D eigenvalue weighted by Crippen LogP contribution is -2.14. The van der Waals surface area contributed by atoms with E-state index in [-0.39, 0.29) is 22.1 Å². The molecule has 0 aliphatic carbocycles. The highest BCUT2D eigenvalue weighted by molar-refractivity contribution is 7.86. The third kappa shape index (κ3) is 4.73. The highest BCUT2D eigenvalue weighted by Gasteiger charge is 2.21.